The first-order valence-electron chi connectivity index (χ1n) is 5.39. The van der Waals surface area contributed by atoms with Crippen LogP contribution in [0.5, 0.6) is 0 Å². The zero-order valence-electron chi connectivity index (χ0n) is 9.32. The van der Waals surface area contributed by atoms with E-state index in [0.29, 0.717) is 5.82 Å². The summed E-state index contributed by atoms with van der Waals surface area (Å²) in [6, 6.07) is 12.9. The molecule has 0 aliphatic carbocycles. The summed E-state index contributed by atoms with van der Waals surface area (Å²) < 4.78 is 1.45. The minimum Gasteiger partial charge on any atom is -0.476 e. The van der Waals surface area contributed by atoms with Crippen LogP contribution in [0.3, 0.4) is 0 Å². The monoisotopic (exact) mass is 239 g/mol. The van der Waals surface area contributed by atoms with E-state index in [-0.39, 0.29) is 5.69 Å². The first kappa shape index (κ1) is 10.5. The minimum atomic E-state index is -1.05. The molecule has 0 fully saturated rings. The van der Waals surface area contributed by atoms with E-state index in [1.54, 1.807) is 12.3 Å². The Morgan fingerprint density at radius 1 is 1.11 bits per heavy atom. The summed E-state index contributed by atoms with van der Waals surface area (Å²) in [6.07, 6.45) is 1.58. The van der Waals surface area contributed by atoms with Crippen molar-refractivity contribution in [2.45, 2.75) is 0 Å². The molecule has 0 bridgehead atoms. The van der Waals surface area contributed by atoms with Crippen LogP contribution in [0.1, 0.15) is 10.5 Å². The van der Waals surface area contributed by atoms with Crippen molar-refractivity contribution in [1.29, 1.82) is 0 Å². The summed E-state index contributed by atoms with van der Waals surface area (Å²) in [5, 5.41) is 13.8. The molecule has 2 heterocycles. The molecule has 88 valence electrons. The van der Waals surface area contributed by atoms with Crippen molar-refractivity contribution in [3.05, 3.63) is 54.4 Å². The number of fused-ring (bicyclic) bond motifs is 1. The van der Waals surface area contributed by atoms with Crippen molar-refractivity contribution in [1.82, 2.24) is 14.8 Å². The van der Waals surface area contributed by atoms with Crippen molar-refractivity contribution in [3.8, 4) is 5.82 Å². The van der Waals surface area contributed by atoms with Crippen LogP contribution in [0.15, 0.2) is 48.7 Å². The van der Waals surface area contributed by atoms with Crippen molar-refractivity contribution in [3.63, 3.8) is 0 Å². The molecule has 5 heteroatoms. The Morgan fingerprint density at radius 2 is 1.94 bits per heavy atom. The number of pyridine rings is 1. The highest BCUT2D eigenvalue weighted by molar-refractivity contribution is 5.85. The van der Waals surface area contributed by atoms with Gasteiger partial charge in [-0.1, -0.05) is 18.2 Å². The van der Waals surface area contributed by atoms with Gasteiger partial charge in [0.1, 0.15) is 0 Å². The highest BCUT2D eigenvalue weighted by Gasteiger charge is 2.08. The second-order valence-corrected chi connectivity index (χ2v) is 3.81. The normalized spacial score (nSPS) is 10.7. The number of carbonyl (C=O) groups is 1. The molecule has 5 nitrogen and oxygen atoms in total. The van der Waals surface area contributed by atoms with Crippen molar-refractivity contribution in [2.75, 3.05) is 0 Å². The molecular formula is C13H9N3O2. The molecule has 2 aromatic heterocycles. The van der Waals surface area contributed by atoms with Crippen molar-refractivity contribution < 1.29 is 9.90 Å². The quantitative estimate of drug-likeness (QED) is 0.743. The molecular weight excluding hydrogens is 230 g/mol. The van der Waals surface area contributed by atoms with E-state index in [9.17, 15) is 4.79 Å². The largest absolute Gasteiger partial charge is 0.476 e. The molecule has 0 radical (unpaired) electrons. The Labute approximate surface area is 102 Å². The SMILES string of the molecule is O=C(O)c1ccn(-c2ccc3ccccc3n2)n1. The number of aromatic nitrogens is 3. The number of aromatic carboxylic acids is 1. The van der Waals surface area contributed by atoms with Gasteiger partial charge in [-0.2, -0.15) is 5.10 Å². The Kier molecular flexibility index (Phi) is 2.30. The number of benzene rings is 1. The second kappa shape index (κ2) is 3.96. The van der Waals surface area contributed by atoms with Gasteiger partial charge in [0.2, 0.25) is 0 Å². The van der Waals surface area contributed by atoms with Crippen LogP contribution >= 0.6 is 0 Å². The van der Waals surface area contributed by atoms with Crippen LogP contribution in [0.4, 0.5) is 0 Å². The van der Waals surface area contributed by atoms with Gasteiger partial charge in [-0.3, -0.25) is 0 Å². The van der Waals surface area contributed by atoms with Crippen LogP contribution < -0.4 is 0 Å². The van der Waals surface area contributed by atoms with Gasteiger partial charge in [0.15, 0.2) is 11.5 Å². The molecule has 0 aliphatic heterocycles. The molecule has 0 amide bonds. The van der Waals surface area contributed by atoms with Crippen LogP contribution in [-0.4, -0.2) is 25.8 Å². The fourth-order valence-corrected chi connectivity index (χ4v) is 1.75. The summed E-state index contributed by atoms with van der Waals surface area (Å²) in [6.45, 7) is 0. The molecule has 3 rings (SSSR count). The molecule has 18 heavy (non-hydrogen) atoms. The van der Waals surface area contributed by atoms with Gasteiger partial charge in [-0.05, 0) is 24.3 Å². The Hall–Kier alpha value is -2.69. The predicted octanol–water partition coefficient (Wildman–Crippen LogP) is 2.12. The van der Waals surface area contributed by atoms with E-state index in [4.69, 9.17) is 5.11 Å². The van der Waals surface area contributed by atoms with E-state index in [2.05, 4.69) is 10.1 Å². The number of hydrogen-bond donors (Lipinski definition) is 1. The van der Waals surface area contributed by atoms with Gasteiger partial charge in [-0.25, -0.2) is 14.5 Å². The summed E-state index contributed by atoms with van der Waals surface area (Å²) in [4.78, 5) is 15.2. The zero-order valence-corrected chi connectivity index (χ0v) is 9.32. The molecule has 0 spiro atoms. The molecule has 0 saturated carbocycles. The topological polar surface area (TPSA) is 68.0 Å². The third-order valence-electron chi connectivity index (χ3n) is 2.63. The molecule has 1 aromatic carbocycles. The number of rotatable bonds is 2. The van der Waals surface area contributed by atoms with E-state index >= 15 is 0 Å². The predicted molar refractivity (Wildman–Crippen MR) is 65.8 cm³/mol. The minimum absolute atomic E-state index is 0.00459. The number of carboxylic acid groups (broad SMARTS) is 1. The fourth-order valence-electron chi connectivity index (χ4n) is 1.75. The van der Waals surface area contributed by atoms with Gasteiger partial charge in [0.25, 0.3) is 0 Å². The van der Waals surface area contributed by atoms with Crippen molar-refractivity contribution >= 4 is 16.9 Å². The summed E-state index contributed by atoms with van der Waals surface area (Å²) in [7, 11) is 0. The van der Waals surface area contributed by atoms with Crippen LogP contribution in [0.25, 0.3) is 16.7 Å². The van der Waals surface area contributed by atoms with Crippen LogP contribution in [-0.2, 0) is 0 Å². The van der Waals surface area contributed by atoms with Gasteiger partial charge in [-0.15, -0.1) is 0 Å². The van der Waals surface area contributed by atoms with E-state index in [1.165, 1.54) is 10.7 Å². The number of nitrogens with zero attached hydrogens (tertiary/aromatic N) is 3. The van der Waals surface area contributed by atoms with Gasteiger partial charge in [0.05, 0.1) is 5.52 Å². The number of hydrogen-bond acceptors (Lipinski definition) is 3. The van der Waals surface area contributed by atoms with Crippen molar-refractivity contribution in [2.24, 2.45) is 0 Å². The third-order valence-corrected chi connectivity index (χ3v) is 2.63. The lowest BCUT2D eigenvalue weighted by molar-refractivity contribution is 0.0690. The van der Waals surface area contributed by atoms with Crippen LogP contribution in [0.2, 0.25) is 0 Å². The highest BCUT2D eigenvalue weighted by atomic mass is 16.4. The lowest BCUT2D eigenvalue weighted by atomic mass is 10.2. The zero-order chi connectivity index (χ0) is 12.5. The first-order chi connectivity index (χ1) is 8.74. The second-order valence-electron chi connectivity index (χ2n) is 3.81. The Bertz CT molecular complexity index is 734. The number of para-hydroxylation sites is 1. The first-order valence-corrected chi connectivity index (χ1v) is 5.39. The maximum absolute atomic E-state index is 10.8. The van der Waals surface area contributed by atoms with E-state index < -0.39 is 5.97 Å². The average Bonchev–Trinajstić information content (AvgIpc) is 2.88. The van der Waals surface area contributed by atoms with E-state index in [1.807, 2.05) is 30.3 Å². The highest BCUT2D eigenvalue weighted by Crippen LogP contribution is 2.14. The summed E-state index contributed by atoms with van der Waals surface area (Å²) >= 11 is 0. The molecule has 0 saturated heterocycles. The summed E-state index contributed by atoms with van der Waals surface area (Å²) in [5.41, 5.74) is 0.854. The maximum Gasteiger partial charge on any atom is 0.356 e. The molecule has 0 atom stereocenters. The lowest BCUT2D eigenvalue weighted by Crippen LogP contribution is -2.02. The van der Waals surface area contributed by atoms with Crippen LogP contribution in [0, 0.1) is 0 Å². The van der Waals surface area contributed by atoms with Gasteiger partial charge < -0.3 is 5.11 Å². The molecule has 0 unspecified atom stereocenters. The average molecular weight is 239 g/mol. The lowest BCUT2D eigenvalue weighted by Gasteiger charge is -2.02. The van der Waals surface area contributed by atoms with Gasteiger partial charge >= 0.3 is 5.97 Å². The Morgan fingerprint density at radius 3 is 2.72 bits per heavy atom. The molecule has 1 N–H and O–H groups in total. The Balaban J connectivity index is 2.10. The van der Waals surface area contributed by atoms with Gasteiger partial charge in [0, 0.05) is 11.6 Å². The summed E-state index contributed by atoms with van der Waals surface area (Å²) in [5.74, 6) is -0.448. The maximum atomic E-state index is 10.8. The molecule has 0 aliphatic rings. The smallest absolute Gasteiger partial charge is 0.356 e. The standard InChI is InChI=1S/C13H9N3O2/c17-13(18)11-7-8-16(15-11)12-6-5-9-3-1-2-4-10(9)14-12/h1-8H,(H,17,18). The third kappa shape index (κ3) is 1.71. The van der Waals surface area contributed by atoms with E-state index in [0.717, 1.165) is 10.9 Å². The fraction of sp³-hybridized carbons (Fsp3) is 0. The molecule has 3 aromatic rings. The number of carboxylic acids is 1.